The highest BCUT2D eigenvalue weighted by atomic mass is 32.2. The van der Waals surface area contributed by atoms with Gasteiger partial charge in [-0.05, 0) is 42.1 Å². The highest BCUT2D eigenvalue weighted by Gasteiger charge is 2.18. The number of hydrogen-bond donors (Lipinski definition) is 2. The number of amides is 2. The van der Waals surface area contributed by atoms with E-state index in [1.807, 2.05) is 0 Å². The molecule has 3 aromatic rings. The number of methoxy groups -OCH3 is 1. The molecule has 0 atom stereocenters. The minimum Gasteiger partial charge on any atom is -0.375 e. The van der Waals surface area contributed by atoms with Crippen LogP contribution in [0.5, 0.6) is 0 Å². The van der Waals surface area contributed by atoms with Crippen molar-refractivity contribution in [3.8, 4) is 0 Å². The normalized spacial score (nSPS) is 11.0. The summed E-state index contributed by atoms with van der Waals surface area (Å²) in [7, 11) is 1.41. The Morgan fingerprint density at radius 3 is 2.48 bits per heavy atom. The first kappa shape index (κ1) is 20.7. The van der Waals surface area contributed by atoms with Crippen molar-refractivity contribution in [1.82, 2.24) is 9.55 Å². The van der Waals surface area contributed by atoms with Crippen molar-refractivity contribution in [2.24, 2.45) is 0 Å². The molecule has 1 heterocycles. The standard InChI is InChI=1S/C19H18F2N4O3S/c1-28-11-17(27)23-13-6-4-5-12(9-13)22-16(26)10-25-15-8-3-2-7-14(15)24-19(25)29-18(20)21/h2-9,18H,10-11H2,1H3,(H,22,26)(H,23,27). The van der Waals surface area contributed by atoms with Crippen LogP contribution in [0.2, 0.25) is 0 Å². The second kappa shape index (κ2) is 9.48. The van der Waals surface area contributed by atoms with Gasteiger partial charge in [0.1, 0.15) is 13.2 Å². The number of thioether (sulfide) groups is 1. The molecule has 0 fully saturated rings. The Morgan fingerprint density at radius 1 is 1.10 bits per heavy atom. The molecule has 2 N–H and O–H groups in total. The van der Waals surface area contributed by atoms with E-state index >= 15 is 0 Å². The maximum Gasteiger partial charge on any atom is 0.291 e. The molecule has 0 saturated carbocycles. The van der Waals surface area contributed by atoms with Gasteiger partial charge in [0, 0.05) is 18.5 Å². The van der Waals surface area contributed by atoms with E-state index in [1.165, 1.54) is 11.7 Å². The van der Waals surface area contributed by atoms with E-state index in [9.17, 15) is 18.4 Å². The third kappa shape index (κ3) is 5.52. The Balaban J connectivity index is 1.75. The number of halogens is 2. The number of nitrogens with zero attached hydrogens (tertiary/aromatic N) is 2. The van der Waals surface area contributed by atoms with E-state index in [4.69, 9.17) is 4.74 Å². The first-order valence-electron chi connectivity index (χ1n) is 8.55. The molecular weight excluding hydrogens is 402 g/mol. The van der Waals surface area contributed by atoms with Crippen LogP contribution in [0.4, 0.5) is 20.2 Å². The monoisotopic (exact) mass is 420 g/mol. The number of carbonyl (C=O) groups is 2. The molecule has 152 valence electrons. The van der Waals surface area contributed by atoms with Crippen LogP contribution in [0.25, 0.3) is 11.0 Å². The molecule has 2 amide bonds. The Labute approximate surface area is 169 Å². The minimum atomic E-state index is -2.65. The summed E-state index contributed by atoms with van der Waals surface area (Å²) in [6.45, 7) is -0.273. The van der Waals surface area contributed by atoms with E-state index in [1.54, 1.807) is 48.5 Å². The molecule has 0 saturated heterocycles. The number of rotatable bonds is 8. The fourth-order valence-electron chi connectivity index (χ4n) is 2.72. The van der Waals surface area contributed by atoms with Gasteiger partial charge < -0.3 is 19.9 Å². The molecule has 7 nitrogen and oxygen atoms in total. The number of para-hydroxylation sites is 2. The Bertz CT molecular complexity index is 1030. The maximum atomic E-state index is 12.9. The molecule has 0 aliphatic rings. The molecule has 3 rings (SSSR count). The van der Waals surface area contributed by atoms with Crippen molar-refractivity contribution in [2.75, 3.05) is 24.4 Å². The van der Waals surface area contributed by atoms with Crippen molar-refractivity contribution < 1.29 is 23.1 Å². The molecular formula is C19H18F2N4O3S. The highest BCUT2D eigenvalue weighted by molar-refractivity contribution is 7.99. The Morgan fingerprint density at radius 2 is 1.79 bits per heavy atom. The molecule has 2 aromatic carbocycles. The van der Waals surface area contributed by atoms with Crippen molar-refractivity contribution in [3.63, 3.8) is 0 Å². The summed E-state index contributed by atoms with van der Waals surface area (Å²) >= 11 is 0.292. The molecule has 0 aliphatic heterocycles. The molecule has 1 aromatic heterocycles. The van der Waals surface area contributed by atoms with Crippen LogP contribution in [0.15, 0.2) is 53.7 Å². The molecule has 0 radical (unpaired) electrons. The number of ether oxygens (including phenoxy) is 1. The molecule has 29 heavy (non-hydrogen) atoms. The second-order valence-electron chi connectivity index (χ2n) is 5.96. The zero-order chi connectivity index (χ0) is 20.8. The van der Waals surface area contributed by atoms with Gasteiger partial charge in [-0.15, -0.1) is 0 Å². The van der Waals surface area contributed by atoms with Crippen LogP contribution in [-0.4, -0.2) is 40.8 Å². The number of benzene rings is 2. The number of carbonyl (C=O) groups excluding carboxylic acids is 2. The summed E-state index contributed by atoms with van der Waals surface area (Å²) in [5.41, 5.74) is 2.07. The van der Waals surface area contributed by atoms with Gasteiger partial charge in [-0.3, -0.25) is 9.59 Å². The molecule has 0 aliphatic carbocycles. The number of alkyl halides is 2. The summed E-state index contributed by atoms with van der Waals surface area (Å²) in [6.07, 6.45) is 0. The smallest absolute Gasteiger partial charge is 0.291 e. The highest BCUT2D eigenvalue weighted by Crippen LogP contribution is 2.28. The SMILES string of the molecule is COCC(=O)Nc1cccc(NC(=O)Cn2c(SC(F)F)nc3ccccc32)c1. The average molecular weight is 420 g/mol. The number of hydrogen-bond acceptors (Lipinski definition) is 5. The maximum absolute atomic E-state index is 12.9. The Kier molecular flexibility index (Phi) is 6.78. The lowest BCUT2D eigenvalue weighted by atomic mass is 10.2. The fraction of sp³-hybridized carbons (Fsp3) is 0.211. The van der Waals surface area contributed by atoms with E-state index in [0.717, 1.165) is 0 Å². The van der Waals surface area contributed by atoms with Gasteiger partial charge >= 0.3 is 0 Å². The molecule has 0 unspecified atom stereocenters. The lowest BCUT2D eigenvalue weighted by molar-refractivity contribution is -0.119. The van der Waals surface area contributed by atoms with Crippen molar-refractivity contribution >= 4 is 46.0 Å². The van der Waals surface area contributed by atoms with Crippen LogP contribution < -0.4 is 10.6 Å². The summed E-state index contributed by atoms with van der Waals surface area (Å²) in [5.74, 6) is -3.39. The predicted molar refractivity (Wildman–Crippen MR) is 107 cm³/mol. The first-order valence-corrected chi connectivity index (χ1v) is 9.43. The van der Waals surface area contributed by atoms with Crippen molar-refractivity contribution in [3.05, 3.63) is 48.5 Å². The fourth-order valence-corrected chi connectivity index (χ4v) is 3.32. The van der Waals surface area contributed by atoms with Crippen molar-refractivity contribution in [1.29, 1.82) is 0 Å². The van der Waals surface area contributed by atoms with Crippen molar-refractivity contribution in [2.45, 2.75) is 17.5 Å². The van der Waals surface area contributed by atoms with Gasteiger partial charge in [-0.1, -0.05) is 18.2 Å². The number of imidazole rings is 1. The molecule has 10 heteroatoms. The number of anilines is 2. The molecule has 0 spiro atoms. The minimum absolute atomic E-state index is 0.0666. The zero-order valence-corrected chi connectivity index (χ0v) is 16.2. The van der Waals surface area contributed by atoms with Gasteiger partial charge in [-0.2, -0.15) is 8.78 Å². The number of nitrogens with one attached hydrogen (secondary N) is 2. The van der Waals surface area contributed by atoms with Gasteiger partial charge in [-0.25, -0.2) is 4.98 Å². The van der Waals surface area contributed by atoms with Crippen LogP contribution in [0, 0.1) is 0 Å². The second-order valence-corrected chi connectivity index (χ2v) is 6.92. The number of fused-ring (bicyclic) bond motifs is 1. The summed E-state index contributed by atoms with van der Waals surface area (Å²) in [4.78, 5) is 28.3. The third-order valence-electron chi connectivity index (χ3n) is 3.82. The van der Waals surface area contributed by atoms with Gasteiger partial charge in [0.25, 0.3) is 5.76 Å². The quantitative estimate of drug-likeness (QED) is 0.544. The summed E-state index contributed by atoms with van der Waals surface area (Å²) in [6, 6.07) is 13.5. The number of aromatic nitrogens is 2. The van der Waals surface area contributed by atoms with Gasteiger partial charge in [0.15, 0.2) is 5.16 Å². The Hall–Kier alpha value is -2.98. The van der Waals surface area contributed by atoms with Gasteiger partial charge in [0.2, 0.25) is 11.8 Å². The average Bonchev–Trinajstić information content (AvgIpc) is 2.98. The predicted octanol–water partition coefficient (Wildman–Crippen LogP) is 3.57. The topological polar surface area (TPSA) is 85.3 Å². The molecule has 0 bridgehead atoms. The van der Waals surface area contributed by atoms with Crippen LogP contribution >= 0.6 is 11.8 Å². The van der Waals surface area contributed by atoms with E-state index in [0.29, 0.717) is 34.2 Å². The summed E-state index contributed by atoms with van der Waals surface area (Å²) < 4.78 is 32.0. The van der Waals surface area contributed by atoms with Crippen LogP contribution in [0.1, 0.15) is 0 Å². The van der Waals surface area contributed by atoms with Gasteiger partial charge in [0.05, 0.1) is 11.0 Å². The van der Waals surface area contributed by atoms with E-state index in [-0.39, 0.29) is 24.2 Å². The van der Waals surface area contributed by atoms with E-state index < -0.39 is 11.7 Å². The lowest BCUT2D eigenvalue weighted by Crippen LogP contribution is -2.20. The van der Waals surface area contributed by atoms with E-state index in [2.05, 4.69) is 15.6 Å². The van der Waals surface area contributed by atoms with Crippen LogP contribution in [-0.2, 0) is 20.9 Å². The first-order chi connectivity index (χ1) is 14.0. The third-order valence-corrected chi connectivity index (χ3v) is 4.52. The largest absolute Gasteiger partial charge is 0.375 e. The zero-order valence-electron chi connectivity index (χ0n) is 15.4. The summed E-state index contributed by atoms with van der Waals surface area (Å²) in [5, 5.41) is 5.41. The lowest BCUT2D eigenvalue weighted by Gasteiger charge is -2.11. The van der Waals surface area contributed by atoms with Crippen LogP contribution in [0.3, 0.4) is 0 Å².